The number of aryl methyl sites for hydroxylation is 2. The monoisotopic (exact) mass is 479 g/mol. The van der Waals surface area contributed by atoms with Gasteiger partial charge in [-0.2, -0.15) is 0 Å². The van der Waals surface area contributed by atoms with Crippen LogP contribution in [0.3, 0.4) is 0 Å². The number of rotatable bonds is 7. The number of aromatic nitrogens is 2. The number of non-ortho nitro benzene ring substituents is 1. The molecule has 0 saturated heterocycles. The average molecular weight is 480 g/mol. The Hall–Kier alpha value is -3.07. The molecule has 1 fully saturated rings. The van der Waals surface area contributed by atoms with Crippen LogP contribution in [0.4, 0.5) is 11.5 Å². The van der Waals surface area contributed by atoms with Crippen molar-refractivity contribution in [3.05, 3.63) is 56.2 Å². The summed E-state index contributed by atoms with van der Waals surface area (Å²) in [5.74, 6) is 2.04. The maximum Gasteiger partial charge on any atom is 0.269 e. The topological polar surface area (TPSA) is 110 Å². The molecule has 1 amide bonds. The van der Waals surface area contributed by atoms with Gasteiger partial charge in [-0.25, -0.2) is 9.97 Å². The molecule has 5 rings (SSSR count). The van der Waals surface area contributed by atoms with E-state index in [-0.39, 0.29) is 11.6 Å². The van der Waals surface area contributed by atoms with Crippen LogP contribution in [0, 0.1) is 10.1 Å². The quantitative estimate of drug-likeness (QED) is 0.268. The Morgan fingerprint density at radius 1 is 1.03 bits per heavy atom. The zero-order chi connectivity index (χ0) is 23.5. The Morgan fingerprint density at radius 2 is 1.79 bits per heavy atom. The molecule has 0 radical (unpaired) electrons. The van der Waals surface area contributed by atoms with Gasteiger partial charge in [-0.15, -0.1) is 11.3 Å². The SMILES string of the molecule is O=C(NCCNc1nc(C2CCCCC2)nc2sc3c(c12)CCCC3)c1ccc([N+](=O)[O-])cc1. The van der Waals surface area contributed by atoms with Crippen molar-refractivity contribution in [2.75, 3.05) is 18.4 Å². The van der Waals surface area contributed by atoms with E-state index in [0.29, 0.717) is 24.6 Å². The van der Waals surface area contributed by atoms with Crippen LogP contribution in [0.25, 0.3) is 10.2 Å². The fraction of sp³-hybridized carbons (Fsp3) is 0.480. The smallest absolute Gasteiger partial charge is 0.269 e. The third-order valence-corrected chi connectivity index (χ3v) is 8.03. The molecule has 1 aromatic carbocycles. The highest BCUT2D eigenvalue weighted by atomic mass is 32.1. The lowest BCUT2D eigenvalue weighted by Gasteiger charge is -2.21. The molecule has 2 heterocycles. The second-order valence-corrected chi connectivity index (χ2v) is 10.2. The number of carbonyl (C=O) groups is 1. The van der Waals surface area contributed by atoms with Crippen LogP contribution in [0.1, 0.15) is 77.5 Å². The van der Waals surface area contributed by atoms with Crippen molar-refractivity contribution in [3.8, 4) is 0 Å². The molecule has 2 aromatic heterocycles. The van der Waals surface area contributed by atoms with Crippen LogP contribution >= 0.6 is 11.3 Å². The molecule has 2 N–H and O–H groups in total. The first-order chi connectivity index (χ1) is 16.6. The Balaban J connectivity index is 1.30. The molecule has 0 spiro atoms. The summed E-state index contributed by atoms with van der Waals surface area (Å²) in [5.41, 5.74) is 1.78. The molecule has 34 heavy (non-hydrogen) atoms. The molecular weight excluding hydrogens is 450 g/mol. The zero-order valence-electron chi connectivity index (χ0n) is 19.1. The summed E-state index contributed by atoms with van der Waals surface area (Å²) in [7, 11) is 0. The minimum Gasteiger partial charge on any atom is -0.368 e. The van der Waals surface area contributed by atoms with Crippen molar-refractivity contribution < 1.29 is 9.72 Å². The number of nitrogens with zero attached hydrogens (tertiary/aromatic N) is 3. The van der Waals surface area contributed by atoms with E-state index in [9.17, 15) is 14.9 Å². The predicted octanol–water partition coefficient (Wildman–Crippen LogP) is 5.37. The average Bonchev–Trinajstić information content (AvgIpc) is 3.25. The van der Waals surface area contributed by atoms with Crippen LogP contribution in [-0.4, -0.2) is 33.9 Å². The second-order valence-electron chi connectivity index (χ2n) is 9.14. The molecule has 0 aliphatic heterocycles. The maximum absolute atomic E-state index is 12.4. The fourth-order valence-electron chi connectivity index (χ4n) is 5.04. The van der Waals surface area contributed by atoms with Crippen LogP contribution in [-0.2, 0) is 12.8 Å². The molecule has 2 aliphatic rings. The van der Waals surface area contributed by atoms with E-state index in [1.54, 1.807) is 0 Å². The van der Waals surface area contributed by atoms with Crippen molar-refractivity contribution in [2.24, 2.45) is 0 Å². The number of carbonyl (C=O) groups excluding carboxylic acids is 1. The molecule has 1 saturated carbocycles. The van der Waals surface area contributed by atoms with Gasteiger partial charge in [-0.05, 0) is 56.2 Å². The highest BCUT2D eigenvalue weighted by molar-refractivity contribution is 7.19. The minimum atomic E-state index is -0.473. The number of anilines is 1. The predicted molar refractivity (Wildman–Crippen MR) is 134 cm³/mol. The standard InChI is InChI=1S/C25H29N5O3S/c31-24(17-10-12-18(13-11-17)30(32)33)27-15-14-26-23-21-19-8-4-5-9-20(19)34-25(21)29-22(28-23)16-6-2-1-3-7-16/h10-13,16H,1-9,14-15H2,(H,27,31)(H,26,28,29). The van der Waals surface area contributed by atoms with Gasteiger partial charge in [0.05, 0.1) is 10.3 Å². The van der Waals surface area contributed by atoms with Crippen LogP contribution in [0.5, 0.6) is 0 Å². The number of nitrogens with one attached hydrogen (secondary N) is 2. The first kappa shape index (κ1) is 22.7. The van der Waals surface area contributed by atoms with Crippen LogP contribution < -0.4 is 10.6 Å². The highest BCUT2D eigenvalue weighted by Crippen LogP contribution is 2.40. The van der Waals surface area contributed by atoms with E-state index in [0.717, 1.165) is 42.2 Å². The van der Waals surface area contributed by atoms with Gasteiger partial charge in [-0.3, -0.25) is 14.9 Å². The van der Waals surface area contributed by atoms with Gasteiger partial charge < -0.3 is 10.6 Å². The number of thiophene rings is 1. The molecule has 9 heteroatoms. The van der Waals surface area contributed by atoms with E-state index < -0.39 is 4.92 Å². The maximum atomic E-state index is 12.4. The zero-order valence-corrected chi connectivity index (χ0v) is 20.0. The summed E-state index contributed by atoms with van der Waals surface area (Å²) in [5, 5.41) is 18.3. The van der Waals surface area contributed by atoms with E-state index in [2.05, 4.69) is 10.6 Å². The summed E-state index contributed by atoms with van der Waals surface area (Å²) in [6.45, 7) is 0.964. The van der Waals surface area contributed by atoms with Gasteiger partial charge in [0.15, 0.2) is 0 Å². The largest absolute Gasteiger partial charge is 0.368 e. The molecule has 0 unspecified atom stereocenters. The lowest BCUT2D eigenvalue weighted by molar-refractivity contribution is -0.384. The minimum absolute atomic E-state index is 0.0288. The van der Waals surface area contributed by atoms with Gasteiger partial charge >= 0.3 is 0 Å². The molecule has 3 aromatic rings. The third-order valence-electron chi connectivity index (χ3n) is 6.85. The van der Waals surface area contributed by atoms with Crippen molar-refractivity contribution in [3.63, 3.8) is 0 Å². The van der Waals surface area contributed by atoms with Gasteiger partial charge in [0.1, 0.15) is 16.5 Å². The summed E-state index contributed by atoms with van der Waals surface area (Å²) in [6, 6.07) is 5.64. The lowest BCUT2D eigenvalue weighted by Crippen LogP contribution is -2.29. The number of hydrogen-bond donors (Lipinski definition) is 2. The molecule has 8 nitrogen and oxygen atoms in total. The van der Waals surface area contributed by atoms with E-state index in [1.165, 1.54) is 72.2 Å². The summed E-state index contributed by atoms with van der Waals surface area (Å²) in [6.07, 6.45) is 10.7. The van der Waals surface area contributed by atoms with Crippen molar-refractivity contribution >= 4 is 39.0 Å². The second kappa shape index (κ2) is 10.0. The van der Waals surface area contributed by atoms with Gasteiger partial charge in [0.2, 0.25) is 0 Å². The normalized spacial score (nSPS) is 16.2. The highest BCUT2D eigenvalue weighted by Gasteiger charge is 2.24. The summed E-state index contributed by atoms with van der Waals surface area (Å²) >= 11 is 1.83. The Morgan fingerprint density at radius 3 is 2.56 bits per heavy atom. The third kappa shape index (κ3) is 4.75. The first-order valence-corrected chi connectivity index (χ1v) is 13.0. The van der Waals surface area contributed by atoms with Crippen molar-refractivity contribution in [2.45, 2.75) is 63.7 Å². The Kier molecular flexibility index (Phi) is 6.71. The molecule has 0 atom stereocenters. The molecule has 2 aliphatic carbocycles. The molecular formula is C25H29N5O3S. The first-order valence-electron chi connectivity index (χ1n) is 12.2. The van der Waals surface area contributed by atoms with E-state index >= 15 is 0 Å². The van der Waals surface area contributed by atoms with Crippen molar-refractivity contribution in [1.29, 1.82) is 0 Å². The fourth-order valence-corrected chi connectivity index (χ4v) is 6.31. The molecule has 0 bridgehead atoms. The summed E-state index contributed by atoms with van der Waals surface area (Å²) in [4.78, 5) is 35.3. The molecule has 178 valence electrons. The number of fused-ring (bicyclic) bond motifs is 3. The van der Waals surface area contributed by atoms with E-state index in [1.807, 2.05) is 11.3 Å². The van der Waals surface area contributed by atoms with Gasteiger partial charge in [0, 0.05) is 41.6 Å². The van der Waals surface area contributed by atoms with Gasteiger partial charge in [0.25, 0.3) is 11.6 Å². The van der Waals surface area contributed by atoms with E-state index in [4.69, 9.17) is 9.97 Å². The number of amides is 1. The number of benzene rings is 1. The Labute approximate surface area is 202 Å². The van der Waals surface area contributed by atoms with Crippen LogP contribution in [0.2, 0.25) is 0 Å². The number of hydrogen-bond acceptors (Lipinski definition) is 7. The van der Waals surface area contributed by atoms with Crippen LogP contribution in [0.15, 0.2) is 24.3 Å². The number of nitro groups is 1. The summed E-state index contributed by atoms with van der Waals surface area (Å²) < 4.78 is 0. The Bertz CT molecular complexity index is 1200. The van der Waals surface area contributed by atoms with Gasteiger partial charge in [-0.1, -0.05) is 19.3 Å². The van der Waals surface area contributed by atoms with Crippen molar-refractivity contribution in [1.82, 2.24) is 15.3 Å². The lowest BCUT2D eigenvalue weighted by atomic mass is 9.88. The number of nitro benzene ring substituents is 1.